The van der Waals surface area contributed by atoms with Crippen LogP contribution >= 0.6 is 11.6 Å². The van der Waals surface area contributed by atoms with Crippen molar-refractivity contribution in [2.24, 2.45) is 0 Å². The highest BCUT2D eigenvalue weighted by molar-refractivity contribution is 6.30. The molecule has 0 saturated carbocycles. The molecule has 1 aliphatic rings. The number of benzene rings is 2. The average molecular weight is 535 g/mol. The molecule has 0 amide bonds. The van der Waals surface area contributed by atoms with Crippen LogP contribution in [0.4, 0.5) is 17.6 Å². The molecule has 0 spiro atoms. The Morgan fingerprint density at radius 3 is 2.41 bits per heavy atom. The van der Waals surface area contributed by atoms with Gasteiger partial charge in [-0.3, -0.25) is 4.90 Å². The van der Waals surface area contributed by atoms with Crippen molar-refractivity contribution in [3.8, 4) is 28.7 Å². The lowest BCUT2D eigenvalue weighted by atomic mass is 9.88. The fourth-order valence-corrected chi connectivity index (χ4v) is 4.03. The molecular weight excluding hydrogens is 512 g/mol. The number of aliphatic hydroxyl groups excluding tert-OH is 1. The van der Waals surface area contributed by atoms with Crippen LogP contribution in [0.5, 0.6) is 5.75 Å². The predicted octanol–water partition coefficient (Wildman–Crippen LogP) is 4.68. The SMILES string of the molecule is OC1CN(CCOc2ccc(C#Cc3ncc(-c4ccc(Cl)cc4)cc3F)cc2)CC[C@]1(O)C(F)(F)F. The third-order valence-electron chi connectivity index (χ3n) is 6.16. The molecule has 1 aliphatic heterocycles. The summed E-state index contributed by atoms with van der Waals surface area (Å²) in [6.07, 6.45) is -5.88. The summed E-state index contributed by atoms with van der Waals surface area (Å²) in [7, 11) is 0. The number of aromatic nitrogens is 1. The number of alkyl halides is 3. The summed E-state index contributed by atoms with van der Waals surface area (Å²) in [5.74, 6) is 5.54. The molecule has 0 radical (unpaired) electrons. The highest BCUT2D eigenvalue weighted by Crippen LogP contribution is 2.38. The second-order valence-electron chi connectivity index (χ2n) is 8.67. The summed E-state index contributed by atoms with van der Waals surface area (Å²) in [4.78, 5) is 5.72. The maximum atomic E-state index is 14.5. The zero-order valence-electron chi connectivity index (χ0n) is 19.5. The molecule has 5 nitrogen and oxygen atoms in total. The largest absolute Gasteiger partial charge is 0.492 e. The molecule has 0 aliphatic carbocycles. The van der Waals surface area contributed by atoms with Gasteiger partial charge in [0.2, 0.25) is 0 Å². The average Bonchev–Trinajstić information content (AvgIpc) is 2.86. The van der Waals surface area contributed by atoms with Crippen LogP contribution in [0.1, 0.15) is 17.7 Å². The first kappa shape index (κ1) is 26.9. The molecule has 1 saturated heterocycles. The van der Waals surface area contributed by atoms with Crippen molar-refractivity contribution in [1.82, 2.24) is 9.88 Å². The minimum absolute atomic E-state index is 0.0131. The first-order chi connectivity index (χ1) is 17.5. The van der Waals surface area contributed by atoms with E-state index in [1.54, 1.807) is 53.4 Å². The molecule has 1 unspecified atom stereocenters. The molecule has 3 aromatic rings. The van der Waals surface area contributed by atoms with Crippen LogP contribution < -0.4 is 4.74 Å². The minimum Gasteiger partial charge on any atom is -0.492 e. The van der Waals surface area contributed by atoms with Gasteiger partial charge in [-0.25, -0.2) is 9.37 Å². The number of rotatable bonds is 5. The molecule has 2 N–H and O–H groups in total. The van der Waals surface area contributed by atoms with Crippen molar-refractivity contribution >= 4 is 11.6 Å². The quantitative estimate of drug-likeness (QED) is 0.368. The van der Waals surface area contributed by atoms with Crippen LogP contribution in [-0.4, -0.2) is 64.2 Å². The molecule has 37 heavy (non-hydrogen) atoms. The monoisotopic (exact) mass is 534 g/mol. The Kier molecular flexibility index (Phi) is 8.05. The first-order valence-corrected chi connectivity index (χ1v) is 11.8. The lowest BCUT2D eigenvalue weighted by Crippen LogP contribution is -2.63. The van der Waals surface area contributed by atoms with Gasteiger partial charge in [-0.2, -0.15) is 13.2 Å². The van der Waals surface area contributed by atoms with Crippen LogP contribution in [0, 0.1) is 17.7 Å². The minimum atomic E-state index is -4.89. The number of aliphatic hydroxyl groups is 2. The van der Waals surface area contributed by atoms with E-state index in [0.717, 1.165) is 5.56 Å². The molecule has 2 heterocycles. The van der Waals surface area contributed by atoms with Crippen molar-refractivity contribution in [2.75, 3.05) is 26.2 Å². The number of halogens is 5. The van der Waals surface area contributed by atoms with Crippen LogP contribution in [-0.2, 0) is 0 Å². The molecular formula is C27H23ClF4N2O3. The number of nitrogens with zero attached hydrogens (tertiary/aromatic N) is 2. The van der Waals surface area contributed by atoms with E-state index in [0.29, 0.717) is 21.9 Å². The van der Waals surface area contributed by atoms with Crippen LogP contribution in [0.2, 0.25) is 5.02 Å². The summed E-state index contributed by atoms with van der Waals surface area (Å²) >= 11 is 5.88. The molecule has 4 rings (SSSR count). The molecule has 10 heteroatoms. The Balaban J connectivity index is 1.29. The summed E-state index contributed by atoms with van der Waals surface area (Å²) in [6.45, 7) is 0.135. The van der Waals surface area contributed by atoms with Crippen molar-refractivity contribution in [1.29, 1.82) is 0 Å². The maximum Gasteiger partial charge on any atom is 0.419 e. The highest BCUT2D eigenvalue weighted by atomic mass is 35.5. The second-order valence-corrected chi connectivity index (χ2v) is 9.11. The van der Waals surface area contributed by atoms with E-state index in [1.807, 2.05) is 0 Å². The fourth-order valence-electron chi connectivity index (χ4n) is 3.90. The first-order valence-electron chi connectivity index (χ1n) is 11.4. The summed E-state index contributed by atoms with van der Waals surface area (Å²) < 4.78 is 59.1. The van der Waals surface area contributed by atoms with Crippen molar-refractivity contribution in [3.05, 3.63) is 82.9 Å². The second kappa shape index (κ2) is 11.1. The number of ether oxygens (including phenoxy) is 1. The van der Waals surface area contributed by atoms with E-state index >= 15 is 0 Å². The van der Waals surface area contributed by atoms with Gasteiger partial charge in [0.05, 0.1) is 0 Å². The maximum absolute atomic E-state index is 14.5. The number of likely N-dealkylation sites (tertiary alicyclic amines) is 1. The van der Waals surface area contributed by atoms with E-state index in [2.05, 4.69) is 16.8 Å². The predicted molar refractivity (Wildman–Crippen MR) is 131 cm³/mol. The number of piperidine rings is 1. The van der Waals surface area contributed by atoms with Gasteiger partial charge < -0.3 is 14.9 Å². The Morgan fingerprint density at radius 1 is 1.08 bits per heavy atom. The zero-order valence-corrected chi connectivity index (χ0v) is 20.2. The summed E-state index contributed by atoms with van der Waals surface area (Å²) in [6, 6.07) is 15.1. The molecule has 1 fully saturated rings. The van der Waals surface area contributed by atoms with E-state index in [-0.39, 0.29) is 31.9 Å². The van der Waals surface area contributed by atoms with Gasteiger partial charge in [0, 0.05) is 48.4 Å². The highest BCUT2D eigenvalue weighted by Gasteiger charge is 2.59. The molecule has 2 aromatic carbocycles. The van der Waals surface area contributed by atoms with Crippen LogP contribution in [0.25, 0.3) is 11.1 Å². The topological polar surface area (TPSA) is 65.8 Å². The molecule has 1 aromatic heterocycles. The van der Waals surface area contributed by atoms with Gasteiger partial charge in [-0.1, -0.05) is 29.7 Å². The standard InChI is InChI=1S/C27H23ClF4N2O3/c28-21-6-4-19(5-7-21)20-15-23(29)24(33-16-20)10-3-18-1-8-22(9-2-18)37-14-13-34-12-11-26(36,25(35)17-34)27(30,31)32/h1-2,4-9,15-16,25,35-36H,11-14,17H2/t25?,26-/m1/s1. The van der Waals surface area contributed by atoms with Crippen molar-refractivity contribution < 1.29 is 32.5 Å². The fraction of sp³-hybridized carbons (Fsp3) is 0.296. The lowest BCUT2D eigenvalue weighted by molar-refractivity contribution is -0.302. The summed E-state index contributed by atoms with van der Waals surface area (Å²) in [5, 5.41) is 20.1. The van der Waals surface area contributed by atoms with Gasteiger partial charge in [-0.05, 0) is 53.9 Å². The number of hydrogen-bond donors (Lipinski definition) is 2. The summed E-state index contributed by atoms with van der Waals surface area (Å²) in [5.41, 5.74) is -1.07. The smallest absolute Gasteiger partial charge is 0.419 e. The van der Waals surface area contributed by atoms with E-state index in [9.17, 15) is 27.8 Å². The molecule has 2 atom stereocenters. The van der Waals surface area contributed by atoms with Gasteiger partial charge in [0.15, 0.2) is 11.4 Å². The zero-order chi connectivity index (χ0) is 26.6. The van der Waals surface area contributed by atoms with Crippen molar-refractivity contribution in [2.45, 2.75) is 24.3 Å². The Bertz CT molecular complexity index is 1290. The molecule has 0 bridgehead atoms. The Hall–Kier alpha value is -3.16. The van der Waals surface area contributed by atoms with Gasteiger partial charge in [0.25, 0.3) is 0 Å². The normalized spacial score (nSPS) is 20.2. The van der Waals surface area contributed by atoms with Gasteiger partial charge >= 0.3 is 6.18 Å². The molecule has 194 valence electrons. The van der Waals surface area contributed by atoms with E-state index in [4.69, 9.17) is 16.3 Å². The third-order valence-corrected chi connectivity index (χ3v) is 6.41. The van der Waals surface area contributed by atoms with E-state index < -0.39 is 30.1 Å². The van der Waals surface area contributed by atoms with Crippen LogP contribution in [0.15, 0.2) is 60.8 Å². The number of pyridine rings is 1. The van der Waals surface area contributed by atoms with Gasteiger partial charge in [-0.15, -0.1) is 0 Å². The van der Waals surface area contributed by atoms with Gasteiger partial charge in [0.1, 0.15) is 24.2 Å². The van der Waals surface area contributed by atoms with Crippen LogP contribution in [0.3, 0.4) is 0 Å². The Labute approximate surface area is 216 Å². The third kappa shape index (κ3) is 6.40. The van der Waals surface area contributed by atoms with E-state index in [1.165, 1.54) is 12.3 Å². The number of β-amino-alcohol motifs (C(OH)–C–C–N with tert-alkyl or cyclic N) is 1. The lowest BCUT2D eigenvalue weighted by Gasteiger charge is -2.42. The van der Waals surface area contributed by atoms with Crippen molar-refractivity contribution in [3.63, 3.8) is 0 Å². The Morgan fingerprint density at radius 2 is 1.78 bits per heavy atom. The number of hydrogen-bond acceptors (Lipinski definition) is 5.